The molecule has 2 aromatic rings. The van der Waals surface area contributed by atoms with Crippen LogP contribution < -0.4 is 5.32 Å². The molecule has 0 spiro atoms. The van der Waals surface area contributed by atoms with Gasteiger partial charge in [0.05, 0.1) is 15.7 Å². The highest BCUT2D eigenvalue weighted by molar-refractivity contribution is 6.33. The molecule has 0 atom stereocenters. The number of pyridine rings is 1. The second-order valence-corrected chi connectivity index (χ2v) is 4.08. The van der Waals surface area contributed by atoms with Crippen LogP contribution in [0.25, 0.3) is 0 Å². The second kappa shape index (κ2) is 4.85. The maximum atomic E-state index is 13.4. The van der Waals surface area contributed by atoms with Crippen molar-refractivity contribution in [2.24, 2.45) is 0 Å². The molecule has 0 aliphatic rings. The van der Waals surface area contributed by atoms with Crippen molar-refractivity contribution in [1.82, 2.24) is 4.98 Å². The summed E-state index contributed by atoms with van der Waals surface area (Å²) in [7, 11) is 0. The number of halogens is 4. The van der Waals surface area contributed by atoms with Gasteiger partial charge in [-0.2, -0.15) is 0 Å². The second-order valence-electron chi connectivity index (χ2n) is 3.23. The molecule has 1 aromatic carbocycles. The summed E-state index contributed by atoms with van der Waals surface area (Å²) >= 11 is 11.4. The van der Waals surface area contributed by atoms with E-state index in [0.717, 1.165) is 12.1 Å². The van der Waals surface area contributed by atoms with E-state index in [1.165, 1.54) is 18.3 Å². The van der Waals surface area contributed by atoms with Crippen LogP contribution in [0, 0.1) is 11.6 Å². The molecule has 0 aliphatic heterocycles. The van der Waals surface area contributed by atoms with Gasteiger partial charge in [0.2, 0.25) is 0 Å². The summed E-state index contributed by atoms with van der Waals surface area (Å²) in [6.45, 7) is 0. The summed E-state index contributed by atoms with van der Waals surface area (Å²) in [5.41, 5.74) is 0.236. The largest absolute Gasteiger partial charge is 0.336 e. The van der Waals surface area contributed by atoms with Crippen molar-refractivity contribution in [3.05, 3.63) is 52.1 Å². The van der Waals surface area contributed by atoms with Crippen LogP contribution >= 0.6 is 23.2 Å². The van der Waals surface area contributed by atoms with E-state index in [9.17, 15) is 8.78 Å². The number of benzene rings is 1. The quantitative estimate of drug-likeness (QED) is 0.878. The fraction of sp³-hybridized carbons (Fsp3) is 0. The van der Waals surface area contributed by atoms with Gasteiger partial charge in [-0.25, -0.2) is 13.8 Å². The van der Waals surface area contributed by atoms with Crippen LogP contribution in [0.4, 0.5) is 20.3 Å². The maximum absolute atomic E-state index is 13.4. The van der Waals surface area contributed by atoms with Gasteiger partial charge >= 0.3 is 0 Å². The molecule has 0 fully saturated rings. The van der Waals surface area contributed by atoms with Gasteiger partial charge in [-0.05, 0) is 24.3 Å². The first-order valence-corrected chi connectivity index (χ1v) is 5.35. The molecule has 0 saturated heterocycles. The van der Waals surface area contributed by atoms with Crippen LogP contribution in [0.15, 0.2) is 30.5 Å². The van der Waals surface area contributed by atoms with E-state index in [1.54, 1.807) is 0 Å². The zero-order valence-corrected chi connectivity index (χ0v) is 9.86. The van der Waals surface area contributed by atoms with Crippen molar-refractivity contribution >= 4 is 34.7 Å². The van der Waals surface area contributed by atoms with Crippen LogP contribution in [0.2, 0.25) is 10.0 Å². The summed E-state index contributed by atoms with van der Waals surface area (Å²) < 4.78 is 26.4. The zero-order chi connectivity index (χ0) is 12.4. The first-order chi connectivity index (χ1) is 8.06. The molecule has 0 amide bonds. The van der Waals surface area contributed by atoms with E-state index >= 15 is 0 Å². The molecule has 6 heteroatoms. The Bertz CT molecular complexity index is 561. The Labute approximate surface area is 106 Å². The molecule has 0 saturated carbocycles. The normalized spacial score (nSPS) is 10.4. The third kappa shape index (κ3) is 2.84. The molecule has 17 heavy (non-hydrogen) atoms. The molecule has 0 aliphatic carbocycles. The van der Waals surface area contributed by atoms with E-state index in [4.69, 9.17) is 23.2 Å². The van der Waals surface area contributed by atoms with Crippen molar-refractivity contribution < 1.29 is 8.78 Å². The molecule has 2 rings (SSSR count). The van der Waals surface area contributed by atoms with Crippen molar-refractivity contribution in [3.8, 4) is 0 Å². The predicted octanol–water partition coefficient (Wildman–Crippen LogP) is 4.41. The molecule has 0 bridgehead atoms. The molecule has 0 unspecified atom stereocenters. The van der Waals surface area contributed by atoms with Crippen LogP contribution in [0.5, 0.6) is 0 Å². The van der Waals surface area contributed by atoms with Gasteiger partial charge in [0.1, 0.15) is 5.82 Å². The molecular weight excluding hydrogens is 269 g/mol. The highest BCUT2D eigenvalue weighted by Gasteiger charge is 2.08. The van der Waals surface area contributed by atoms with Gasteiger partial charge < -0.3 is 5.32 Å². The lowest BCUT2D eigenvalue weighted by Gasteiger charge is -2.08. The van der Waals surface area contributed by atoms with Crippen LogP contribution in [0.3, 0.4) is 0 Å². The van der Waals surface area contributed by atoms with Gasteiger partial charge in [-0.3, -0.25) is 0 Å². The predicted molar refractivity (Wildman–Crippen MR) is 63.9 cm³/mol. The van der Waals surface area contributed by atoms with E-state index in [-0.39, 0.29) is 21.6 Å². The van der Waals surface area contributed by atoms with Gasteiger partial charge in [0, 0.05) is 6.20 Å². The van der Waals surface area contributed by atoms with Gasteiger partial charge in [-0.1, -0.05) is 23.2 Å². The minimum absolute atomic E-state index is 0.0677. The van der Waals surface area contributed by atoms with E-state index in [1.807, 2.05) is 0 Å². The smallest absolute Gasteiger partial charge is 0.167 e. The lowest BCUT2D eigenvalue weighted by Crippen LogP contribution is -1.98. The lowest BCUT2D eigenvalue weighted by atomic mass is 10.3. The Balaban J connectivity index is 2.34. The van der Waals surface area contributed by atoms with Gasteiger partial charge in [-0.15, -0.1) is 0 Å². The molecule has 2 nitrogen and oxygen atoms in total. The number of hydrogen-bond acceptors (Lipinski definition) is 2. The third-order valence-electron chi connectivity index (χ3n) is 1.99. The number of anilines is 2. The molecule has 1 heterocycles. The first kappa shape index (κ1) is 12.1. The van der Waals surface area contributed by atoms with Crippen molar-refractivity contribution in [3.63, 3.8) is 0 Å². The number of rotatable bonds is 2. The summed E-state index contributed by atoms with van der Waals surface area (Å²) in [5.74, 6) is -1.19. The lowest BCUT2D eigenvalue weighted by molar-refractivity contribution is 0.624. The van der Waals surface area contributed by atoms with E-state index < -0.39 is 11.6 Å². The summed E-state index contributed by atoms with van der Waals surface area (Å²) in [6, 6.07) is 4.83. The first-order valence-electron chi connectivity index (χ1n) is 4.59. The SMILES string of the molecule is Fc1ccc(Cl)c(Nc2ncc(Cl)cc2F)c1. The Morgan fingerprint density at radius 1 is 1.12 bits per heavy atom. The molecule has 1 N–H and O–H groups in total. The van der Waals surface area contributed by atoms with Gasteiger partial charge in [0.15, 0.2) is 11.6 Å². The summed E-state index contributed by atoms with van der Waals surface area (Å²) in [6.07, 6.45) is 1.28. The van der Waals surface area contributed by atoms with E-state index in [0.29, 0.717) is 0 Å². The standard InChI is InChI=1S/C11H6Cl2F2N2/c12-6-3-9(15)11(16-5-6)17-10-4-7(14)1-2-8(10)13/h1-5H,(H,16,17). The fourth-order valence-corrected chi connectivity index (χ4v) is 1.54. The Kier molecular flexibility index (Phi) is 3.45. The average molecular weight is 275 g/mol. The Morgan fingerprint density at radius 3 is 2.59 bits per heavy atom. The van der Waals surface area contributed by atoms with Crippen LogP contribution in [0.1, 0.15) is 0 Å². The molecular formula is C11H6Cl2F2N2. The number of nitrogens with zero attached hydrogens (tertiary/aromatic N) is 1. The average Bonchev–Trinajstić information content (AvgIpc) is 2.27. The van der Waals surface area contributed by atoms with Crippen molar-refractivity contribution in [1.29, 1.82) is 0 Å². The van der Waals surface area contributed by atoms with Crippen LogP contribution in [-0.2, 0) is 0 Å². The minimum atomic E-state index is -0.641. The summed E-state index contributed by atoms with van der Waals surface area (Å²) in [4.78, 5) is 3.74. The van der Waals surface area contributed by atoms with E-state index in [2.05, 4.69) is 10.3 Å². The topological polar surface area (TPSA) is 24.9 Å². The minimum Gasteiger partial charge on any atom is -0.336 e. The number of hydrogen-bond donors (Lipinski definition) is 1. The fourth-order valence-electron chi connectivity index (χ4n) is 1.23. The monoisotopic (exact) mass is 274 g/mol. The molecule has 0 radical (unpaired) electrons. The molecule has 1 aromatic heterocycles. The number of aromatic nitrogens is 1. The van der Waals surface area contributed by atoms with Crippen molar-refractivity contribution in [2.75, 3.05) is 5.32 Å². The zero-order valence-electron chi connectivity index (χ0n) is 8.35. The van der Waals surface area contributed by atoms with Crippen LogP contribution in [-0.4, -0.2) is 4.98 Å². The van der Waals surface area contributed by atoms with Gasteiger partial charge in [0.25, 0.3) is 0 Å². The third-order valence-corrected chi connectivity index (χ3v) is 2.53. The van der Waals surface area contributed by atoms with Crippen molar-refractivity contribution in [2.45, 2.75) is 0 Å². The number of nitrogens with one attached hydrogen (secondary N) is 1. The highest BCUT2D eigenvalue weighted by atomic mass is 35.5. The summed E-state index contributed by atoms with van der Waals surface area (Å²) in [5, 5.41) is 3.04. The maximum Gasteiger partial charge on any atom is 0.167 e. The Morgan fingerprint density at radius 2 is 1.88 bits per heavy atom. The molecule has 88 valence electrons. The Hall–Kier alpha value is -1.39. The highest BCUT2D eigenvalue weighted by Crippen LogP contribution is 2.27.